The van der Waals surface area contributed by atoms with Crippen LogP contribution in [0.5, 0.6) is 0 Å². The van der Waals surface area contributed by atoms with E-state index in [-0.39, 0.29) is 11.7 Å². The normalized spacial score (nSPS) is 17.2. The Morgan fingerprint density at radius 2 is 1.88 bits per heavy atom. The van der Waals surface area contributed by atoms with Gasteiger partial charge in [0.1, 0.15) is 5.52 Å². The molecule has 174 valence electrons. The second kappa shape index (κ2) is 8.65. The second-order valence-electron chi connectivity index (χ2n) is 9.75. The summed E-state index contributed by atoms with van der Waals surface area (Å²) >= 11 is 0. The first-order valence-electron chi connectivity index (χ1n) is 12.0. The Morgan fingerprint density at radius 3 is 2.58 bits per heavy atom. The van der Waals surface area contributed by atoms with Gasteiger partial charge in [-0.2, -0.15) is 0 Å². The molecule has 0 radical (unpaired) electrons. The molecule has 2 aromatic heterocycles. The number of carbonyl (C=O) groups excluding carboxylic acids is 1. The summed E-state index contributed by atoms with van der Waals surface area (Å²) in [5.74, 6) is 1.33. The average molecular weight is 449 g/mol. The summed E-state index contributed by atoms with van der Waals surface area (Å²) in [6.07, 6.45) is 5.72. The SMILES string of the molecule is CC(C)c1ccccc1-c1ncc2c(n1)n(CC1CCN(C(=O)NC3CC3)CC1)c(=O)n2C. The summed E-state index contributed by atoms with van der Waals surface area (Å²) in [4.78, 5) is 36.8. The van der Waals surface area contributed by atoms with Gasteiger partial charge in [-0.05, 0) is 43.1 Å². The van der Waals surface area contributed by atoms with Crippen LogP contribution in [-0.4, -0.2) is 49.2 Å². The lowest BCUT2D eigenvalue weighted by atomic mass is 9.96. The Hall–Kier alpha value is -3.16. The number of benzene rings is 1. The Morgan fingerprint density at radius 1 is 1.15 bits per heavy atom. The number of aryl methyl sites for hydroxylation is 1. The molecule has 8 nitrogen and oxygen atoms in total. The smallest absolute Gasteiger partial charge is 0.330 e. The number of urea groups is 1. The first-order chi connectivity index (χ1) is 15.9. The van der Waals surface area contributed by atoms with Crippen LogP contribution in [0.1, 0.15) is 51.0 Å². The van der Waals surface area contributed by atoms with Gasteiger partial charge in [-0.15, -0.1) is 0 Å². The molecule has 0 bridgehead atoms. The molecule has 2 amide bonds. The predicted octanol–water partition coefficient (Wildman–Crippen LogP) is 3.50. The Kier molecular flexibility index (Phi) is 5.68. The van der Waals surface area contributed by atoms with E-state index in [1.165, 1.54) is 5.56 Å². The van der Waals surface area contributed by atoms with E-state index in [0.29, 0.717) is 35.9 Å². The second-order valence-corrected chi connectivity index (χ2v) is 9.75. The number of hydrogen-bond donors (Lipinski definition) is 1. The molecule has 1 aliphatic carbocycles. The molecule has 1 saturated heterocycles. The molecule has 0 atom stereocenters. The molecule has 2 aliphatic rings. The largest absolute Gasteiger partial charge is 0.335 e. The molecule has 1 saturated carbocycles. The van der Waals surface area contributed by atoms with E-state index < -0.39 is 0 Å². The highest BCUT2D eigenvalue weighted by Crippen LogP contribution is 2.28. The van der Waals surface area contributed by atoms with E-state index in [1.807, 2.05) is 23.1 Å². The van der Waals surface area contributed by atoms with Crippen molar-refractivity contribution in [2.45, 2.75) is 58.0 Å². The van der Waals surface area contributed by atoms with Crippen LogP contribution in [0.25, 0.3) is 22.6 Å². The molecular formula is C25H32N6O2. The van der Waals surface area contributed by atoms with Gasteiger partial charge >= 0.3 is 11.7 Å². The quantitative estimate of drug-likeness (QED) is 0.647. The Bertz CT molecular complexity index is 1230. The van der Waals surface area contributed by atoms with Crippen molar-refractivity contribution in [3.8, 4) is 11.4 Å². The number of amides is 2. The van der Waals surface area contributed by atoms with E-state index in [4.69, 9.17) is 4.98 Å². The third-order valence-corrected chi connectivity index (χ3v) is 6.96. The number of aromatic nitrogens is 4. The fourth-order valence-electron chi connectivity index (χ4n) is 4.75. The maximum atomic E-state index is 13.1. The number of nitrogens with one attached hydrogen (secondary N) is 1. The maximum Gasteiger partial charge on any atom is 0.330 e. The van der Waals surface area contributed by atoms with E-state index in [0.717, 1.165) is 49.9 Å². The molecular weight excluding hydrogens is 416 g/mol. The van der Waals surface area contributed by atoms with E-state index in [1.54, 1.807) is 22.4 Å². The van der Waals surface area contributed by atoms with Crippen LogP contribution in [-0.2, 0) is 13.6 Å². The summed E-state index contributed by atoms with van der Waals surface area (Å²) in [6, 6.07) is 8.62. The van der Waals surface area contributed by atoms with E-state index in [9.17, 15) is 9.59 Å². The molecule has 0 unspecified atom stereocenters. The zero-order chi connectivity index (χ0) is 23.1. The molecule has 8 heteroatoms. The lowest BCUT2D eigenvalue weighted by molar-refractivity contribution is 0.165. The van der Waals surface area contributed by atoms with Gasteiger partial charge < -0.3 is 10.2 Å². The third-order valence-electron chi connectivity index (χ3n) is 6.96. The topological polar surface area (TPSA) is 85.1 Å². The van der Waals surface area contributed by atoms with Gasteiger partial charge in [0.15, 0.2) is 11.5 Å². The molecule has 33 heavy (non-hydrogen) atoms. The molecule has 5 rings (SSSR count). The average Bonchev–Trinajstić information content (AvgIpc) is 3.62. The van der Waals surface area contributed by atoms with Crippen LogP contribution in [0.15, 0.2) is 35.3 Å². The van der Waals surface area contributed by atoms with Gasteiger partial charge in [-0.1, -0.05) is 38.1 Å². The summed E-state index contributed by atoms with van der Waals surface area (Å²) in [5, 5.41) is 3.07. The molecule has 1 aromatic carbocycles. The Labute approximate surface area is 193 Å². The number of carbonyl (C=O) groups is 1. The summed E-state index contributed by atoms with van der Waals surface area (Å²) in [6.45, 7) is 6.38. The van der Waals surface area contributed by atoms with Crippen molar-refractivity contribution in [2.24, 2.45) is 13.0 Å². The highest BCUT2D eigenvalue weighted by atomic mass is 16.2. The van der Waals surface area contributed by atoms with Gasteiger partial charge in [0.05, 0.1) is 6.20 Å². The zero-order valence-electron chi connectivity index (χ0n) is 19.6. The highest BCUT2D eigenvalue weighted by Gasteiger charge is 2.29. The molecule has 3 aromatic rings. The van der Waals surface area contributed by atoms with Crippen molar-refractivity contribution < 1.29 is 4.79 Å². The minimum absolute atomic E-state index is 0.0551. The number of likely N-dealkylation sites (tertiary alicyclic amines) is 1. The first kappa shape index (κ1) is 21.7. The van der Waals surface area contributed by atoms with Crippen molar-refractivity contribution in [3.63, 3.8) is 0 Å². The lowest BCUT2D eigenvalue weighted by Gasteiger charge is -2.32. The van der Waals surface area contributed by atoms with Gasteiger partial charge in [0.25, 0.3) is 0 Å². The van der Waals surface area contributed by atoms with Crippen LogP contribution in [0.4, 0.5) is 4.79 Å². The van der Waals surface area contributed by atoms with Gasteiger partial charge in [-0.3, -0.25) is 9.13 Å². The number of hydrogen-bond acceptors (Lipinski definition) is 4. The molecule has 1 aliphatic heterocycles. The summed E-state index contributed by atoms with van der Waals surface area (Å²) in [5.41, 5.74) is 3.56. The number of fused-ring (bicyclic) bond motifs is 1. The van der Waals surface area contributed by atoms with Crippen LogP contribution in [0.3, 0.4) is 0 Å². The standard InChI is InChI=1S/C25H32N6O2/c1-16(2)19-6-4-5-7-20(19)22-26-14-21-23(28-22)31(25(33)29(21)3)15-17-10-12-30(13-11-17)24(32)27-18-8-9-18/h4-7,14,16-18H,8-13,15H2,1-3H3,(H,27,32). The number of nitrogens with zero attached hydrogens (tertiary/aromatic N) is 5. The number of rotatable bonds is 5. The van der Waals surface area contributed by atoms with Crippen LogP contribution in [0.2, 0.25) is 0 Å². The van der Waals surface area contributed by atoms with Gasteiger partial charge in [0.2, 0.25) is 0 Å². The zero-order valence-corrected chi connectivity index (χ0v) is 19.6. The minimum atomic E-state index is -0.0671. The van der Waals surface area contributed by atoms with Crippen molar-refractivity contribution >= 4 is 17.2 Å². The fourth-order valence-corrected chi connectivity index (χ4v) is 4.75. The van der Waals surface area contributed by atoms with E-state index >= 15 is 0 Å². The number of piperidine rings is 1. The monoisotopic (exact) mass is 448 g/mol. The molecule has 2 fully saturated rings. The summed E-state index contributed by atoms with van der Waals surface area (Å²) < 4.78 is 3.43. The lowest BCUT2D eigenvalue weighted by Crippen LogP contribution is -2.45. The van der Waals surface area contributed by atoms with Crippen molar-refractivity contribution in [2.75, 3.05) is 13.1 Å². The highest BCUT2D eigenvalue weighted by molar-refractivity contribution is 5.75. The van der Waals surface area contributed by atoms with Crippen LogP contribution in [0, 0.1) is 5.92 Å². The van der Waals surface area contributed by atoms with E-state index in [2.05, 4.69) is 30.2 Å². The molecule has 3 heterocycles. The van der Waals surface area contributed by atoms with Crippen molar-refractivity contribution in [1.29, 1.82) is 0 Å². The van der Waals surface area contributed by atoms with Gasteiger partial charge in [-0.25, -0.2) is 19.6 Å². The molecule has 1 N–H and O–H groups in total. The Balaban J connectivity index is 1.39. The first-order valence-corrected chi connectivity index (χ1v) is 12.0. The third kappa shape index (κ3) is 4.26. The molecule has 0 spiro atoms. The van der Waals surface area contributed by atoms with Crippen molar-refractivity contribution in [1.82, 2.24) is 29.3 Å². The van der Waals surface area contributed by atoms with Crippen LogP contribution >= 0.6 is 0 Å². The predicted molar refractivity (Wildman–Crippen MR) is 128 cm³/mol. The fraction of sp³-hybridized carbons (Fsp3) is 0.520. The van der Waals surface area contributed by atoms with Gasteiger partial charge in [0, 0.05) is 38.3 Å². The maximum absolute atomic E-state index is 13.1. The van der Waals surface area contributed by atoms with Crippen molar-refractivity contribution in [3.05, 3.63) is 46.5 Å². The van der Waals surface area contributed by atoms with Crippen LogP contribution < -0.4 is 11.0 Å². The number of imidazole rings is 1. The minimum Gasteiger partial charge on any atom is -0.335 e. The summed E-state index contributed by atoms with van der Waals surface area (Å²) in [7, 11) is 1.77.